The van der Waals surface area contributed by atoms with E-state index in [1.54, 1.807) is 38.1 Å². The molecule has 0 atom stereocenters. The standard InChI is InChI=1S/C28H34FN3O5S.C2HF3O2/c1-19-11-24(36-4)12-20(2)27(19)38(34,35)31(3)17-25-14-23(18-37-25)28(33)30-15-22-13-21(7-8-26(22)29)16-32-9-5-6-10-32;3-2(4,5)1(6)7/h7-8,11-14,18H,5-6,9-10,15-17H2,1-4H3,(H,30,33);(H,6,7). The molecule has 15 heteroatoms. The number of aliphatic carboxylic acids is 1. The smallest absolute Gasteiger partial charge is 0.490 e. The van der Waals surface area contributed by atoms with Gasteiger partial charge < -0.3 is 19.6 Å². The van der Waals surface area contributed by atoms with Gasteiger partial charge in [-0.2, -0.15) is 17.5 Å². The third kappa shape index (κ3) is 9.52. The van der Waals surface area contributed by atoms with E-state index < -0.39 is 28.1 Å². The minimum atomic E-state index is -5.08. The highest BCUT2D eigenvalue weighted by molar-refractivity contribution is 7.89. The van der Waals surface area contributed by atoms with Crippen molar-refractivity contribution in [3.8, 4) is 5.75 Å². The van der Waals surface area contributed by atoms with Crippen LogP contribution in [-0.2, 0) is 34.5 Å². The average Bonchev–Trinajstić information content (AvgIpc) is 3.65. The second kappa shape index (κ2) is 14.9. The average molecular weight is 658 g/mol. The molecule has 3 aromatic rings. The first-order valence-electron chi connectivity index (χ1n) is 13.8. The third-order valence-electron chi connectivity index (χ3n) is 7.03. The Labute approximate surface area is 258 Å². The highest BCUT2D eigenvalue weighted by Crippen LogP contribution is 2.28. The molecule has 2 aromatic carbocycles. The van der Waals surface area contributed by atoms with Crippen LogP contribution in [0.5, 0.6) is 5.75 Å². The number of sulfonamides is 1. The summed E-state index contributed by atoms with van der Waals surface area (Å²) >= 11 is 0. The summed E-state index contributed by atoms with van der Waals surface area (Å²) in [6, 6.07) is 9.85. The zero-order valence-corrected chi connectivity index (χ0v) is 26.0. The lowest BCUT2D eigenvalue weighted by atomic mass is 10.1. The molecule has 0 bridgehead atoms. The molecule has 1 aromatic heterocycles. The zero-order valence-electron chi connectivity index (χ0n) is 25.2. The SMILES string of the molecule is COc1cc(C)c(S(=O)(=O)N(C)Cc2cc(C(=O)NCc3cc(CN4CCCC4)ccc3F)co2)c(C)c1.O=C(O)C(F)(F)F. The molecular formula is C30H35F4N3O7S. The van der Waals surface area contributed by atoms with Crippen LogP contribution in [0.3, 0.4) is 0 Å². The molecular weight excluding hydrogens is 622 g/mol. The quantitative estimate of drug-likeness (QED) is 0.291. The summed E-state index contributed by atoms with van der Waals surface area (Å²) in [7, 11) is -0.839. The Morgan fingerprint density at radius 3 is 2.24 bits per heavy atom. The molecule has 0 saturated carbocycles. The van der Waals surface area contributed by atoms with Crippen molar-refractivity contribution in [3.63, 3.8) is 0 Å². The Bertz CT molecular complexity index is 1590. The molecule has 0 radical (unpaired) electrons. The number of aryl methyl sites for hydroxylation is 2. The summed E-state index contributed by atoms with van der Waals surface area (Å²) in [6.45, 7) is 6.26. The number of likely N-dealkylation sites (tertiary alicyclic amines) is 1. The monoisotopic (exact) mass is 657 g/mol. The number of carbonyl (C=O) groups excluding carboxylic acids is 1. The molecule has 1 fully saturated rings. The first kappa shape index (κ1) is 35.5. The molecule has 2 heterocycles. The van der Waals surface area contributed by atoms with Gasteiger partial charge in [-0.3, -0.25) is 9.69 Å². The number of ether oxygens (including phenoxy) is 1. The van der Waals surface area contributed by atoms with Crippen molar-refractivity contribution < 1.29 is 49.8 Å². The molecule has 1 saturated heterocycles. The predicted octanol–water partition coefficient (Wildman–Crippen LogP) is 5.02. The van der Waals surface area contributed by atoms with Gasteiger partial charge in [0, 0.05) is 25.7 Å². The first-order valence-corrected chi connectivity index (χ1v) is 15.2. The molecule has 0 spiro atoms. The van der Waals surface area contributed by atoms with Gasteiger partial charge in [0.25, 0.3) is 5.91 Å². The van der Waals surface area contributed by atoms with Crippen LogP contribution in [-0.4, -0.2) is 68.0 Å². The van der Waals surface area contributed by atoms with Crippen molar-refractivity contribution >= 4 is 21.9 Å². The molecule has 0 aliphatic carbocycles. The Balaban J connectivity index is 0.000000707. The van der Waals surface area contributed by atoms with Crippen LogP contribution in [0.15, 0.2) is 52.0 Å². The number of carboxylic acid groups (broad SMARTS) is 1. The van der Waals surface area contributed by atoms with Crippen molar-refractivity contribution in [2.45, 2.75) is 57.4 Å². The van der Waals surface area contributed by atoms with Crippen LogP contribution in [0, 0.1) is 19.7 Å². The van der Waals surface area contributed by atoms with Crippen molar-refractivity contribution in [1.29, 1.82) is 0 Å². The van der Waals surface area contributed by atoms with Gasteiger partial charge in [0.05, 0.1) is 24.1 Å². The number of benzene rings is 2. The number of furan rings is 1. The summed E-state index contributed by atoms with van der Waals surface area (Å²) in [5.41, 5.74) is 2.80. The number of rotatable bonds is 10. The number of carbonyl (C=O) groups is 2. The Kier molecular flexibility index (Phi) is 11.8. The number of nitrogens with one attached hydrogen (secondary N) is 1. The largest absolute Gasteiger partial charge is 0.497 e. The first-order chi connectivity index (χ1) is 21.0. The van der Waals surface area contributed by atoms with E-state index in [-0.39, 0.29) is 29.4 Å². The number of hydrogen-bond donors (Lipinski definition) is 2. The van der Waals surface area contributed by atoms with Gasteiger partial charge >= 0.3 is 12.1 Å². The van der Waals surface area contributed by atoms with Gasteiger partial charge in [-0.25, -0.2) is 17.6 Å². The van der Waals surface area contributed by atoms with Crippen LogP contribution in [0.25, 0.3) is 0 Å². The van der Waals surface area contributed by atoms with Crippen molar-refractivity contribution in [1.82, 2.24) is 14.5 Å². The zero-order chi connectivity index (χ0) is 33.5. The molecule has 1 aliphatic rings. The maximum absolute atomic E-state index is 14.4. The fourth-order valence-corrected chi connectivity index (χ4v) is 6.36. The number of nitrogens with zero attached hydrogens (tertiary/aromatic N) is 2. The predicted molar refractivity (Wildman–Crippen MR) is 156 cm³/mol. The highest BCUT2D eigenvalue weighted by atomic mass is 32.2. The number of alkyl halides is 3. The van der Waals surface area contributed by atoms with Gasteiger partial charge in [0.15, 0.2) is 0 Å². The van der Waals surface area contributed by atoms with Crippen LogP contribution in [0.2, 0.25) is 0 Å². The van der Waals surface area contributed by atoms with E-state index in [1.807, 2.05) is 0 Å². The van der Waals surface area contributed by atoms with Crippen molar-refractivity contribution in [2.24, 2.45) is 0 Å². The minimum Gasteiger partial charge on any atom is -0.497 e. The Hall–Kier alpha value is -3.95. The normalized spacial score (nSPS) is 13.8. The Morgan fingerprint density at radius 1 is 1.09 bits per heavy atom. The Morgan fingerprint density at radius 2 is 1.69 bits per heavy atom. The fourth-order valence-electron chi connectivity index (χ4n) is 4.82. The van der Waals surface area contributed by atoms with E-state index in [4.69, 9.17) is 19.1 Å². The number of halogens is 4. The summed E-state index contributed by atoms with van der Waals surface area (Å²) < 4.78 is 84.6. The lowest BCUT2D eigenvalue weighted by Crippen LogP contribution is -2.27. The molecule has 45 heavy (non-hydrogen) atoms. The summed E-state index contributed by atoms with van der Waals surface area (Å²) in [5, 5.41) is 9.85. The minimum absolute atomic E-state index is 0.0311. The summed E-state index contributed by atoms with van der Waals surface area (Å²) in [5.74, 6) is -2.67. The second-order valence-corrected chi connectivity index (χ2v) is 12.5. The van der Waals surface area contributed by atoms with Gasteiger partial charge in [-0.05, 0) is 86.8 Å². The van der Waals surface area contributed by atoms with Crippen LogP contribution < -0.4 is 10.1 Å². The van der Waals surface area contributed by atoms with E-state index in [0.29, 0.717) is 28.2 Å². The molecule has 246 valence electrons. The van der Waals surface area contributed by atoms with E-state index in [1.165, 1.54) is 49.7 Å². The van der Waals surface area contributed by atoms with Crippen LogP contribution >= 0.6 is 0 Å². The van der Waals surface area contributed by atoms with Crippen LogP contribution in [0.4, 0.5) is 17.6 Å². The number of hydrogen-bond acceptors (Lipinski definition) is 7. The molecule has 1 amide bonds. The summed E-state index contributed by atoms with van der Waals surface area (Å²) in [4.78, 5) is 24.1. The third-order valence-corrected chi connectivity index (χ3v) is 9.14. The van der Waals surface area contributed by atoms with Crippen molar-refractivity contribution in [2.75, 3.05) is 27.2 Å². The molecule has 10 nitrogen and oxygen atoms in total. The number of methoxy groups -OCH3 is 1. The van der Waals surface area contributed by atoms with Crippen LogP contribution in [0.1, 0.15) is 51.2 Å². The molecule has 0 unspecified atom stereocenters. The topological polar surface area (TPSA) is 129 Å². The van der Waals surface area contributed by atoms with Gasteiger partial charge in [-0.1, -0.05) is 6.07 Å². The number of amides is 1. The van der Waals surface area contributed by atoms with E-state index in [9.17, 15) is 30.8 Å². The maximum Gasteiger partial charge on any atom is 0.490 e. The second-order valence-electron chi connectivity index (χ2n) is 10.5. The summed E-state index contributed by atoms with van der Waals surface area (Å²) in [6.07, 6.45) is -1.45. The van der Waals surface area contributed by atoms with E-state index in [0.717, 1.165) is 25.2 Å². The van der Waals surface area contributed by atoms with Gasteiger partial charge in [0.2, 0.25) is 10.0 Å². The fraction of sp³-hybridized carbons (Fsp3) is 0.400. The molecule has 4 rings (SSSR count). The van der Waals surface area contributed by atoms with Gasteiger partial charge in [0.1, 0.15) is 23.6 Å². The molecule has 1 aliphatic heterocycles. The van der Waals surface area contributed by atoms with Crippen molar-refractivity contribution in [3.05, 3.63) is 82.1 Å². The highest BCUT2D eigenvalue weighted by Gasteiger charge is 2.38. The number of carboxylic acids is 1. The lowest BCUT2D eigenvalue weighted by molar-refractivity contribution is -0.192. The molecule has 2 N–H and O–H groups in total. The van der Waals surface area contributed by atoms with Gasteiger partial charge in [-0.15, -0.1) is 0 Å². The van der Waals surface area contributed by atoms with E-state index in [2.05, 4.69) is 10.2 Å². The van der Waals surface area contributed by atoms with E-state index >= 15 is 0 Å². The maximum atomic E-state index is 14.4. The lowest BCUT2D eigenvalue weighted by Gasteiger charge is -2.19.